The Morgan fingerprint density at radius 3 is 2.53 bits per heavy atom. The average Bonchev–Trinajstić information content (AvgIpc) is 2.25. The predicted molar refractivity (Wildman–Crippen MR) is 53.8 cm³/mol. The Kier molecular flexibility index (Phi) is 3.51. The highest BCUT2D eigenvalue weighted by Gasteiger charge is 2.33. The van der Waals surface area contributed by atoms with E-state index in [4.69, 9.17) is 10.6 Å². The third-order valence-electron chi connectivity index (χ3n) is 1.98. The zero-order valence-electron chi connectivity index (χ0n) is 9.29. The lowest BCUT2D eigenvalue weighted by Gasteiger charge is -2.22. The number of alkyl halides is 1. The van der Waals surface area contributed by atoms with Gasteiger partial charge in [-0.05, 0) is 20.8 Å². The maximum absolute atomic E-state index is 13.2. The van der Waals surface area contributed by atoms with E-state index < -0.39 is 23.9 Å². The highest BCUT2D eigenvalue weighted by molar-refractivity contribution is 5.68. The predicted octanol–water partition coefficient (Wildman–Crippen LogP) is 0.407. The lowest BCUT2D eigenvalue weighted by atomic mass is 10.2. The molecule has 2 atom stereocenters. The summed E-state index contributed by atoms with van der Waals surface area (Å²) in [7, 11) is 0. The summed E-state index contributed by atoms with van der Waals surface area (Å²) in [6.45, 7) is 5.71. The molecule has 88 valence electrons. The van der Waals surface area contributed by atoms with Gasteiger partial charge in [0.15, 0.2) is 0 Å². The summed E-state index contributed by atoms with van der Waals surface area (Å²) in [6, 6.07) is -0.579. The van der Waals surface area contributed by atoms with Crippen LogP contribution < -0.4 is 11.2 Å². The zero-order chi connectivity index (χ0) is 11.6. The fraction of sp³-hybridized carbons (Fsp3) is 0.889. The number of halogens is 1. The number of nitrogens with one attached hydrogen (secondary N) is 1. The Morgan fingerprint density at radius 1 is 1.53 bits per heavy atom. The second-order valence-corrected chi connectivity index (χ2v) is 4.72. The molecule has 1 heterocycles. The van der Waals surface area contributed by atoms with E-state index in [0.717, 1.165) is 0 Å². The molecule has 0 aromatic rings. The van der Waals surface area contributed by atoms with E-state index in [1.165, 1.54) is 5.01 Å². The summed E-state index contributed by atoms with van der Waals surface area (Å²) in [4.78, 5) is 11.3. The maximum atomic E-state index is 13.2. The first-order valence-electron chi connectivity index (χ1n) is 4.91. The van der Waals surface area contributed by atoms with Crippen LogP contribution in [0.1, 0.15) is 20.8 Å². The lowest BCUT2D eigenvalue weighted by Crippen LogP contribution is -2.44. The van der Waals surface area contributed by atoms with Crippen LogP contribution in [0.15, 0.2) is 0 Å². The zero-order valence-corrected chi connectivity index (χ0v) is 9.29. The quantitative estimate of drug-likeness (QED) is 0.627. The van der Waals surface area contributed by atoms with Crippen molar-refractivity contribution in [1.82, 2.24) is 10.3 Å². The molecule has 1 aliphatic heterocycles. The second-order valence-electron chi connectivity index (χ2n) is 4.72. The van der Waals surface area contributed by atoms with Crippen LogP contribution in [-0.2, 0) is 4.74 Å². The monoisotopic (exact) mass is 219 g/mol. The number of alkyl carbamates (subject to hydrolysis) is 1. The van der Waals surface area contributed by atoms with Crippen molar-refractivity contribution in [3.05, 3.63) is 0 Å². The molecule has 0 spiro atoms. The van der Waals surface area contributed by atoms with Gasteiger partial charge in [-0.15, -0.1) is 0 Å². The van der Waals surface area contributed by atoms with E-state index in [0.29, 0.717) is 6.54 Å². The van der Waals surface area contributed by atoms with Gasteiger partial charge in [-0.1, -0.05) is 0 Å². The van der Waals surface area contributed by atoms with E-state index >= 15 is 0 Å². The standard InChI is InChI=1S/C9H18FN3O2/c1-9(2,3)15-8(14)12-7-5-13(11)4-6(7)10/h6-7H,4-5,11H2,1-3H3,(H,12,14)/t6-,7-/m1/s1. The van der Waals surface area contributed by atoms with Gasteiger partial charge >= 0.3 is 6.09 Å². The van der Waals surface area contributed by atoms with Crippen molar-refractivity contribution in [2.24, 2.45) is 5.84 Å². The van der Waals surface area contributed by atoms with Crippen LogP contribution in [0.2, 0.25) is 0 Å². The van der Waals surface area contributed by atoms with Gasteiger partial charge in [0.25, 0.3) is 0 Å². The highest BCUT2D eigenvalue weighted by atomic mass is 19.1. The smallest absolute Gasteiger partial charge is 0.408 e. The van der Waals surface area contributed by atoms with Gasteiger partial charge in [0.1, 0.15) is 11.8 Å². The van der Waals surface area contributed by atoms with Gasteiger partial charge in [0, 0.05) is 13.1 Å². The fourth-order valence-corrected chi connectivity index (χ4v) is 1.39. The molecule has 0 unspecified atom stereocenters. The van der Waals surface area contributed by atoms with E-state index in [2.05, 4.69) is 5.32 Å². The number of hydrogen-bond acceptors (Lipinski definition) is 4. The number of ether oxygens (including phenoxy) is 1. The van der Waals surface area contributed by atoms with E-state index in [-0.39, 0.29) is 6.54 Å². The van der Waals surface area contributed by atoms with Gasteiger partial charge in [-0.3, -0.25) is 5.84 Å². The molecule has 5 nitrogen and oxygen atoms in total. The minimum Gasteiger partial charge on any atom is -0.444 e. The molecule has 1 rings (SSSR count). The molecular weight excluding hydrogens is 201 g/mol. The number of carbonyl (C=O) groups is 1. The average molecular weight is 219 g/mol. The van der Waals surface area contributed by atoms with Crippen LogP contribution in [0.4, 0.5) is 9.18 Å². The summed E-state index contributed by atoms with van der Waals surface area (Å²) in [5, 5.41) is 3.80. The molecular formula is C9H18FN3O2. The van der Waals surface area contributed by atoms with Crippen LogP contribution in [0, 0.1) is 0 Å². The Morgan fingerprint density at radius 2 is 2.13 bits per heavy atom. The largest absolute Gasteiger partial charge is 0.444 e. The number of nitrogens with zero attached hydrogens (tertiary/aromatic N) is 1. The van der Waals surface area contributed by atoms with Crippen LogP contribution >= 0.6 is 0 Å². The van der Waals surface area contributed by atoms with Crippen molar-refractivity contribution in [1.29, 1.82) is 0 Å². The summed E-state index contributed by atoms with van der Waals surface area (Å²) < 4.78 is 18.2. The number of carbonyl (C=O) groups excluding carboxylic acids is 1. The summed E-state index contributed by atoms with van der Waals surface area (Å²) in [6.07, 6.45) is -1.74. The maximum Gasteiger partial charge on any atom is 0.408 e. The Bertz CT molecular complexity index is 242. The third-order valence-corrected chi connectivity index (χ3v) is 1.98. The first-order valence-corrected chi connectivity index (χ1v) is 4.91. The lowest BCUT2D eigenvalue weighted by molar-refractivity contribution is 0.0489. The summed E-state index contributed by atoms with van der Waals surface area (Å²) in [5.41, 5.74) is -0.573. The highest BCUT2D eigenvalue weighted by Crippen LogP contribution is 2.12. The van der Waals surface area contributed by atoms with Crippen molar-refractivity contribution < 1.29 is 13.9 Å². The van der Waals surface area contributed by atoms with Crippen LogP contribution in [0.3, 0.4) is 0 Å². The van der Waals surface area contributed by atoms with E-state index in [9.17, 15) is 9.18 Å². The number of rotatable bonds is 1. The van der Waals surface area contributed by atoms with E-state index in [1.54, 1.807) is 20.8 Å². The number of amides is 1. The molecule has 0 bridgehead atoms. The van der Waals surface area contributed by atoms with Gasteiger partial charge in [0.2, 0.25) is 0 Å². The molecule has 1 saturated heterocycles. The molecule has 0 aliphatic carbocycles. The first-order chi connectivity index (χ1) is 6.78. The molecule has 3 N–H and O–H groups in total. The van der Waals surface area contributed by atoms with Crippen molar-refractivity contribution in [2.45, 2.75) is 38.6 Å². The normalized spacial score (nSPS) is 27.8. The summed E-state index contributed by atoms with van der Waals surface area (Å²) in [5.74, 6) is 5.42. The molecule has 0 saturated carbocycles. The molecule has 0 aromatic carbocycles. The topological polar surface area (TPSA) is 67.6 Å². The minimum atomic E-state index is -1.14. The Hall–Kier alpha value is -0.880. The van der Waals surface area contributed by atoms with E-state index in [1.807, 2.05) is 0 Å². The summed E-state index contributed by atoms with van der Waals surface area (Å²) >= 11 is 0. The van der Waals surface area contributed by atoms with Gasteiger partial charge in [-0.2, -0.15) is 0 Å². The van der Waals surface area contributed by atoms with Crippen molar-refractivity contribution in [3.8, 4) is 0 Å². The molecule has 6 heteroatoms. The molecule has 15 heavy (non-hydrogen) atoms. The number of hydrazine groups is 1. The molecule has 1 aliphatic rings. The Labute approximate surface area is 88.7 Å². The second kappa shape index (κ2) is 4.32. The van der Waals surface area contributed by atoms with Crippen molar-refractivity contribution in [2.75, 3.05) is 13.1 Å². The third kappa shape index (κ3) is 4.01. The van der Waals surface area contributed by atoms with Gasteiger partial charge in [-0.25, -0.2) is 14.2 Å². The minimum absolute atomic E-state index is 0.139. The SMILES string of the molecule is CC(C)(C)OC(=O)N[C@@H]1CN(N)C[C@H]1F. The van der Waals surface area contributed by atoms with Gasteiger partial charge < -0.3 is 10.1 Å². The van der Waals surface area contributed by atoms with Crippen molar-refractivity contribution in [3.63, 3.8) is 0 Å². The van der Waals surface area contributed by atoms with Crippen molar-refractivity contribution >= 4 is 6.09 Å². The Balaban J connectivity index is 2.39. The fourth-order valence-electron chi connectivity index (χ4n) is 1.39. The molecule has 0 radical (unpaired) electrons. The first kappa shape index (κ1) is 12.2. The van der Waals surface area contributed by atoms with Crippen LogP contribution in [0.5, 0.6) is 0 Å². The molecule has 0 aromatic heterocycles. The van der Waals surface area contributed by atoms with Crippen LogP contribution in [0.25, 0.3) is 0 Å². The number of hydrogen-bond donors (Lipinski definition) is 2. The van der Waals surface area contributed by atoms with Crippen LogP contribution in [-0.4, -0.2) is 42.0 Å². The molecule has 1 amide bonds. The molecule has 1 fully saturated rings. The van der Waals surface area contributed by atoms with Gasteiger partial charge in [0.05, 0.1) is 6.04 Å². The number of nitrogens with two attached hydrogens (primary N) is 1.